The van der Waals surface area contributed by atoms with E-state index in [1.807, 2.05) is 0 Å². The molecule has 0 saturated heterocycles. The molecule has 0 nitrogen and oxygen atoms in total. The molecular weight excluding hydrogens is 563 g/mol. The standard InChI is InChI=1S/C20H21.C9H13.2CH3.2ClH.Si.Zr/c1-12-13(2)15(4)20(16(5)14(12)3)19-11-10-17-8-6-7-9-18(17)19;1-6-5-7(2)9(4)8(6)3;;;;;;/h6-11H,1-5H3;6H,1-4H3;2*1H3;2*1H;;/q4*-1;;;;. The van der Waals surface area contributed by atoms with Gasteiger partial charge in [-0.1, -0.05) is 38.3 Å². The second kappa shape index (κ2) is 16.9. The molecule has 4 rings (SSSR count). The average Bonchev–Trinajstić information content (AvgIpc) is 3.29. The summed E-state index contributed by atoms with van der Waals surface area (Å²) in [5.41, 5.74) is 14.2. The van der Waals surface area contributed by atoms with Crippen molar-refractivity contribution in [2.75, 3.05) is 0 Å². The number of benzene rings is 2. The SMILES string of the molecule is CC1=[C-]C(C)C(C)=C1C.Cc1c(C)c(C)c(-c2c[cH-]c3ccccc23)c(C)c1C.Cl.Cl.[CH3-].[CH3-].[Si]=[Zr]. The summed E-state index contributed by atoms with van der Waals surface area (Å²) < 4.78 is 0. The third kappa shape index (κ3) is 8.10. The van der Waals surface area contributed by atoms with Gasteiger partial charge in [-0.3, -0.25) is 6.08 Å². The Morgan fingerprint density at radius 2 is 1.23 bits per heavy atom. The van der Waals surface area contributed by atoms with Crippen LogP contribution in [0.15, 0.2) is 53.1 Å². The maximum absolute atomic E-state index is 3.36. The van der Waals surface area contributed by atoms with Crippen LogP contribution in [0.2, 0.25) is 0 Å². The van der Waals surface area contributed by atoms with Gasteiger partial charge < -0.3 is 14.9 Å². The van der Waals surface area contributed by atoms with Gasteiger partial charge in [-0.05, 0) is 62.4 Å². The average molecular weight is 605 g/mol. The van der Waals surface area contributed by atoms with Crippen molar-refractivity contribution in [1.29, 1.82) is 0 Å². The molecule has 0 spiro atoms. The zero-order valence-corrected chi connectivity index (χ0v) is 28.4. The van der Waals surface area contributed by atoms with Gasteiger partial charge in [-0.25, -0.2) is 5.57 Å². The van der Waals surface area contributed by atoms with E-state index in [4.69, 9.17) is 0 Å². The number of fused-ring (bicyclic) bond motifs is 1. The van der Waals surface area contributed by atoms with Crippen LogP contribution in [-0.4, -0.2) is 6.88 Å². The Kier molecular flexibility index (Phi) is 18.7. The third-order valence-electron chi connectivity index (χ3n) is 7.19. The summed E-state index contributed by atoms with van der Waals surface area (Å²) in [5.74, 6) is 0.560. The summed E-state index contributed by atoms with van der Waals surface area (Å²) in [7, 11) is 0. The molecule has 35 heavy (non-hydrogen) atoms. The van der Waals surface area contributed by atoms with Crippen LogP contribution in [0.25, 0.3) is 21.9 Å². The van der Waals surface area contributed by atoms with Gasteiger partial charge in [0.25, 0.3) is 0 Å². The zero-order valence-electron chi connectivity index (χ0n) is 23.4. The molecule has 0 heterocycles. The van der Waals surface area contributed by atoms with Crippen LogP contribution in [0.5, 0.6) is 0 Å². The van der Waals surface area contributed by atoms with E-state index in [9.17, 15) is 0 Å². The summed E-state index contributed by atoms with van der Waals surface area (Å²) in [4.78, 5) is 0. The Hall–Kier alpha value is -0.790. The van der Waals surface area contributed by atoms with Gasteiger partial charge >= 0.3 is 30.2 Å². The Balaban J connectivity index is -0.000000590. The quantitative estimate of drug-likeness (QED) is 0.192. The van der Waals surface area contributed by atoms with Crippen molar-refractivity contribution in [3.05, 3.63) is 102 Å². The van der Waals surface area contributed by atoms with E-state index in [1.165, 1.54) is 89.8 Å². The van der Waals surface area contributed by atoms with Gasteiger partial charge in [0.05, 0.1) is 0 Å². The van der Waals surface area contributed by atoms with Crippen LogP contribution in [0.1, 0.15) is 55.5 Å². The van der Waals surface area contributed by atoms with Crippen molar-refractivity contribution in [3.63, 3.8) is 0 Å². The molecule has 192 valence electrons. The summed E-state index contributed by atoms with van der Waals surface area (Å²) in [5, 5.41) is 2.69. The van der Waals surface area contributed by atoms with Gasteiger partial charge in [0.1, 0.15) is 0 Å². The van der Waals surface area contributed by atoms with Crippen LogP contribution >= 0.6 is 24.8 Å². The first-order valence-corrected chi connectivity index (χ1v) is 15.1. The predicted octanol–water partition coefficient (Wildman–Crippen LogP) is 9.85. The number of halogens is 2. The Morgan fingerprint density at radius 3 is 1.63 bits per heavy atom. The zero-order chi connectivity index (χ0) is 23.5. The van der Waals surface area contributed by atoms with E-state index in [1.54, 1.807) is 0 Å². The number of hydrogen-bond acceptors (Lipinski definition) is 0. The van der Waals surface area contributed by atoms with Crippen molar-refractivity contribution >= 4 is 42.5 Å². The molecule has 1 atom stereocenters. The molecule has 3 aromatic rings. The van der Waals surface area contributed by atoms with Gasteiger partial charge in [0, 0.05) is 0 Å². The summed E-state index contributed by atoms with van der Waals surface area (Å²) >= 11 is 1.36. The van der Waals surface area contributed by atoms with Crippen molar-refractivity contribution < 1.29 is 23.3 Å². The molecule has 4 heteroatoms. The molecule has 1 aliphatic carbocycles. The van der Waals surface area contributed by atoms with Crippen LogP contribution < -0.4 is 0 Å². The fourth-order valence-corrected chi connectivity index (χ4v) is 4.43. The molecular formula is C31H42Cl2SiZr-4. The Bertz CT molecular complexity index is 1140. The minimum absolute atomic E-state index is 0. The maximum atomic E-state index is 3.36. The predicted molar refractivity (Wildman–Crippen MR) is 162 cm³/mol. The molecule has 0 bridgehead atoms. The molecule has 0 amide bonds. The molecule has 0 aromatic heterocycles. The fraction of sp³-hybridized carbons (Fsp3) is 0.323. The molecule has 3 aromatic carbocycles. The van der Waals surface area contributed by atoms with Crippen LogP contribution in [0.3, 0.4) is 0 Å². The van der Waals surface area contributed by atoms with Crippen LogP contribution in [-0.2, 0) is 23.3 Å². The fourth-order valence-electron chi connectivity index (χ4n) is 4.43. The van der Waals surface area contributed by atoms with Gasteiger partial charge in [-0.2, -0.15) is 11.1 Å². The molecule has 1 aliphatic rings. The summed E-state index contributed by atoms with van der Waals surface area (Å²) in [6, 6.07) is 13.2. The molecule has 2 radical (unpaired) electrons. The topological polar surface area (TPSA) is 0 Å². The van der Waals surface area contributed by atoms with E-state index in [-0.39, 0.29) is 39.7 Å². The van der Waals surface area contributed by atoms with Crippen molar-refractivity contribution in [2.24, 2.45) is 5.92 Å². The van der Waals surface area contributed by atoms with Crippen LogP contribution in [0.4, 0.5) is 0 Å². The van der Waals surface area contributed by atoms with Gasteiger partial charge in [0.2, 0.25) is 0 Å². The molecule has 0 saturated carbocycles. The van der Waals surface area contributed by atoms with Crippen molar-refractivity contribution in [1.82, 2.24) is 0 Å². The normalized spacial score (nSPS) is 13.5. The van der Waals surface area contributed by atoms with E-state index in [0.717, 1.165) is 0 Å². The minimum atomic E-state index is 0. The molecule has 0 aliphatic heterocycles. The van der Waals surface area contributed by atoms with E-state index >= 15 is 0 Å². The summed E-state index contributed by atoms with van der Waals surface area (Å²) in [6.07, 6.45) is 3.36. The summed E-state index contributed by atoms with van der Waals surface area (Å²) in [6.45, 7) is 23.0. The number of rotatable bonds is 1. The number of allylic oxidation sites excluding steroid dienone is 4. The first-order chi connectivity index (χ1) is 14.6. The second-order valence-corrected chi connectivity index (χ2v) is 8.63. The Morgan fingerprint density at radius 1 is 0.771 bits per heavy atom. The van der Waals surface area contributed by atoms with Gasteiger partial charge in [0.15, 0.2) is 0 Å². The molecule has 0 N–H and O–H groups in total. The van der Waals surface area contributed by atoms with Crippen molar-refractivity contribution in [2.45, 2.75) is 62.3 Å². The first-order valence-electron chi connectivity index (χ1n) is 10.9. The van der Waals surface area contributed by atoms with E-state index in [2.05, 4.69) is 112 Å². The number of hydrogen-bond donors (Lipinski definition) is 0. The first kappa shape index (κ1) is 38.7. The third-order valence-corrected chi connectivity index (χ3v) is 7.19. The van der Waals surface area contributed by atoms with E-state index < -0.39 is 0 Å². The Labute approximate surface area is 245 Å². The second-order valence-electron chi connectivity index (χ2n) is 8.63. The molecule has 1 unspecified atom stereocenters. The van der Waals surface area contributed by atoms with Crippen molar-refractivity contribution in [3.8, 4) is 11.1 Å². The van der Waals surface area contributed by atoms with Crippen LogP contribution in [0, 0.1) is 61.5 Å². The van der Waals surface area contributed by atoms with Gasteiger partial charge in [-0.15, -0.1) is 78.4 Å². The monoisotopic (exact) mass is 602 g/mol. The molecule has 0 fully saturated rings. The van der Waals surface area contributed by atoms with E-state index in [0.29, 0.717) is 5.92 Å².